The lowest BCUT2D eigenvalue weighted by atomic mass is 9.40. The lowest BCUT2D eigenvalue weighted by Crippen LogP contribution is -2.58. The fourth-order valence-corrected chi connectivity index (χ4v) is 8.94. The maximum absolute atomic E-state index is 13.5. The molecule has 0 saturated heterocycles. The minimum atomic E-state index is -0.208. The van der Waals surface area contributed by atoms with Crippen LogP contribution in [-0.2, 0) is 17.6 Å². The van der Waals surface area contributed by atoms with E-state index in [4.69, 9.17) is 0 Å². The van der Waals surface area contributed by atoms with Gasteiger partial charge < -0.3 is 5.32 Å². The van der Waals surface area contributed by atoms with Gasteiger partial charge >= 0.3 is 0 Å². The Morgan fingerprint density at radius 1 is 1.12 bits per heavy atom. The molecule has 4 heteroatoms. The normalized spacial score (nSPS) is 40.1. The molecular formula is C22H28N2OS. The number of amides is 1. The molecule has 4 fully saturated rings. The van der Waals surface area contributed by atoms with E-state index >= 15 is 0 Å². The van der Waals surface area contributed by atoms with Crippen molar-refractivity contribution in [1.29, 1.82) is 5.26 Å². The number of aryl methyl sites for hydroxylation is 1. The molecule has 0 aromatic carbocycles. The summed E-state index contributed by atoms with van der Waals surface area (Å²) in [7, 11) is 0. The molecule has 1 aromatic heterocycles. The Kier molecular flexibility index (Phi) is 3.46. The fraction of sp³-hybridized carbons (Fsp3) is 0.727. The van der Waals surface area contributed by atoms with Crippen LogP contribution in [-0.4, -0.2) is 5.91 Å². The summed E-state index contributed by atoms with van der Waals surface area (Å²) in [6.07, 6.45) is 11.4. The summed E-state index contributed by atoms with van der Waals surface area (Å²) < 4.78 is 0. The van der Waals surface area contributed by atoms with Crippen molar-refractivity contribution in [2.75, 3.05) is 5.32 Å². The quantitative estimate of drug-likeness (QED) is 0.756. The summed E-state index contributed by atoms with van der Waals surface area (Å²) in [5.74, 6) is 0.910. The van der Waals surface area contributed by atoms with E-state index in [0.29, 0.717) is 16.7 Å². The Bertz CT molecular complexity index is 814. The number of nitrogens with zero attached hydrogens (tertiary/aromatic N) is 1. The molecule has 3 nitrogen and oxygen atoms in total. The summed E-state index contributed by atoms with van der Waals surface area (Å²) in [4.78, 5) is 14.8. The van der Waals surface area contributed by atoms with Gasteiger partial charge in [0.05, 0.1) is 11.0 Å². The van der Waals surface area contributed by atoms with E-state index in [1.807, 2.05) is 0 Å². The topological polar surface area (TPSA) is 52.9 Å². The van der Waals surface area contributed by atoms with E-state index in [1.54, 1.807) is 11.3 Å². The van der Waals surface area contributed by atoms with Gasteiger partial charge in [-0.05, 0) is 86.5 Å². The van der Waals surface area contributed by atoms with Crippen molar-refractivity contribution in [1.82, 2.24) is 0 Å². The standard InChI is InChI=1S/C22H28N2OS/c1-20-7-14-8-21(2,11-20)13-22(9-14,12-20)19(25)24-18-16(10-23)15-5-3-4-6-17(15)26-18/h14H,3-9,11-13H2,1-2H3,(H,24,25)/t14?,20-,21-,22?/m0/s1. The number of nitriles is 1. The van der Waals surface area contributed by atoms with Crippen molar-refractivity contribution in [3.8, 4) is 6.07 Å². The number of anilines is 1. The maximum Gasteiger partial charge on any atom is 0.231 e. The van der Waals surface area contributed by atoms with Gasteiger partial charge in [-0.15, -0.1) is 11.3 Å². The number of carbonyl (C=O) groups is 1. The molecule has 2 atom stereocenters. The van der Waals surface area contributed by atoms with Gasteiger partial charge in [0.25, 0.3) is 0 Å². The van der Waals surface area contributed by atoms with E-state index in [2.05, 4.69) is 25.2 Å². The summed E-state index contributed by atoms with van der Waals surface area (Å²) in [5, 5.41) is 13.8. The van der Waals surface area contributed by atoms with Gasteiger partial charge in [-0.1, -0.05) is 13.8 Å². The Balaban J connectivity index is 1.47. The van der Waals surface area contributed by atoms with Crippen LogP contribution in [0, 0.1) is 33.5 Å². The van der Waals surface area contributed by atoms with Gasteiger partial charge in [-0.3, -0.25) is 4.79 Å². The number of thiophene rings is 1. The molecule has 5 aliphatic carbocycles. The van der Waals surface area contributed by atoms with E-state index in [1.165, 1.54) is 36.1 Å². The molecular weight excluding hydrogens is 340 g/mol. The first kappa shape index (κ1) is 16.8. The summed E-state index contributed by atoms with van der Waals surface area (Å²) in [6, 6.07) is 2.39. The zero-order valence-corrected chi connectivity index (χ0v) is 16.7. The van der Waals surface area contributed by atoms with Crippen LogP contribution in [0.2, 0.25) is 0 Å². The van der Waals surface area contributed by atoms with Crippen LogP contribution in [0.4, 0.5) is 5.00 Å². The van der Waals surface area contributed by atoms with Crippen LogP contribution < -0.4 is 5.32 Å². The third-order valence-electron chi connectivity index (χ3n) is 7.62. The first-order chi connectivity index (χ1) is 12.3. The highest BCUT2D eigenvalue weighted by Crippen LogP contribution is 2.69. The number of nitrogens with one attached hydrogen (secondary N) is 1. The average Bonchev–Trinajstić information content (AvgIpc) is 2.88. The number of carbonyl (C=O) groups excluding carboxylic acids is 1. The molecule has 1 aromatic rings. The van der Waals surface area contributed by atoms with Gasteiger partial charge in [0.15, 0.2) is 0 Å². The Hall–Kier alpha value is -1.34. The van der Waals surface area contributed by atoms with Crippen molar-refractivity contribution in [2.24, 2.45) is 22.2 Å². The Labute approximate surface area is 160 Å². The predicted octanol–water partition coefficient (Wildman–Crippen LogP) is 5.43. The van der Waals surface area contributed by atoms with Gasteiger partial charge in [0.1, 0.15) is 11.1 Å². The molecule has 0 spiro atoms. The van der Waals surface area contributed by atoms with Gasteiger partial charge in [-0.2, -0.15) is 5.26 Å². The largest absolute Gasteiger partial charge is 0.316 e. The smallest absolute Gasteiger partial charge is 0.231 e. The lowest BCUT2D eigenvalue weighted by Gasteiger charge is -2.64. The highest BCUT2D eigenvalue weighted by atomic mass is 32.1. The summed E-state index contributed by atoms with van der Waals surface area (Å²) in [5.41, 5.74) is 2.42. The van der Waals surface area contributed by atoms with Crippen LogP contribution >= 0.6 is 11.3 Å². The molecule has 6 rings (SSSR count). The summed E-state index contributed by atoms with van der Waals surface area (Å²) in [6.45, 7) is 4.81. The molecule has 4 bridgehead atoms. The molecule has 1 heterocycles. The van der Waals surface area contributed by atoms with Crippen LogP contribution in [0.25, 0.3) is 0 Å². The molecule has 1 amide bonds. The molecule has 138 valence electrons. The van der Waals surface area contributed by atoms with E-state index in [-0.39, 0.29) is 11.3 Å². The second-order valence-electron chi connectivity index (χ2n) is 10.4. The summed E-state index contributed by atoms with van der Waals surface area (Å²) >= 11 is 1.66. The Morgan fingerprint density at radius 2 is 1.81 bits per heavy atom. The number of hydrogen-bond donors (Lipinski definition) is 1. The first-order valence-corrected chi connectivity index (χ1v) is 11.0. The number of hydrogen-bond acceptors (Lipinski definition) is 3. The molecule has 0 aliphatic heterocycles. The molecule has 5 aliphatic rings. The molecule has 0 unspecified atom stereocenters. The highest BCUT2D eigenvalue weighted by Gasteiger charge is 2.62. The molecule has 0 radical (unpaired) electrons. The van der Waals surface area contributed by atoms with Gasteiger partial charge in [0.2, 0.25) is 5.91 Å². The van der Waals surface area contributed by atoms with E-state index < -0.39 is 0 Å². The molecule has 4 saturated carbocycles. The van der Waals surface area contributed by atoms with Crippen LogP contribution in [0.5, 0.6) is 0 Å². The maximum atomic E-state index is 13.5. The fourth-order valence-electron chi connectivity index (χ4n) is 7.71. The highest BCUT2D eigenvalue weighted by molar-refractivity contribution is 7.16. The number of fused-ring (bicyclic) bond motifs is 1. The third kappa shape index (κ3) is 2.39. The van der Waals surface area contributed by atoms with Gasteiger partial charge in [-0.25, -0.2) is 0 Å². The minimum absolute atomic E-state index is 0.203. The zero-order chi connectivity index (χ0) is 18.2. The zero-order valence-electron chi connectivity index (χ0n) is 15.9. The van der Waals surface area contributed by atoms with Crippen LogP contribution in [0.3, 0.4) is 0 Å². The van der Waals surface area contributed by atoms with Crippen molar-refractivity contribution in [3.63, 3.8) is 0 Å². The predicted molar refractivity (Wildman–Crippen MR) is 104 cm³/mol. The van der Waals surface area contributed by atoms with Gasteiger partial charge in [0, 0.05) is 4.88 Å². The Morgan fingerprint density at radius 3 is 2.46 bits per heavy atom. The second kappa shape index (κ2) is 5.35. The van der Waals surface area contributed by atoms with Crippen LogP contribution in [0.15, 0.2) is 0 Å². The monoisotopic (exact) mass is 368 g/mol. The van der Waals surface area contributed by atoms with Crippen molar-refractivity contribution in [3.05, 3.63) is 16.0 Å². The van der Waals surface area contributed by atoms with E-state index in [0.717, 1.165) is 49.1 Å². The third-order valence-corrected chi connectivity index (χ3v) is 8.83. The van der Waals surface area contributed by atoms with Crippen LogP contribution in [0.1, 0.15) is 81.2 Å². The van der Waals surface area contributed by atoms with E-state index in [9.17, 15) is 10.1 Å². The van der Waals surface area contributed by atoms with Crippen molar-refractivity contribution >= 4 is 22.2 Å². The molecule has 26 heavy (non-hydrogen) atoms. The first-order valence-electron chi connectivity index (χ1n) is 10.2. The lowest BCUT2D eigenvalue weighted by molar-refractivity contribution is -0.165. The van der Waals surface area contributed by atoms with Crippen molar-refractivity contribution < 1.29 is 4.79 Å². The SMILES string of the molecule is C[C@@]12CC3CC(C(=O)Nc4sc5c(c4C#N)CCCC5)(C1)C[C@@](C)(C3)C2. The van der Waals surface area contributed by atoms with Crippen molar-refractivity contribution in [2.45, 2.75) is 78.1 Å². The minimum Gasteiger partial charge on any atom is -0.316 e. The molecule has 1 N–H and O–H groups in total. The number of rotatable bonds is 2. The second-order valence-corrected chi connectivity index (χ2v) is 11.5. The average molecular weight is 369 g/mol.